The Morgan fingerprint density at radius 3 is 2.73 bits per heavy atom. The van der Waals surface area contributed by atoms with Gasteiger partial charge in [0.15, 0.2) is 0 Å². The molecule has 3 aromatic rings. The average Bonchev–Trinajstić information content (AvgIpc) is 3.67. The van der Waals surface area contributed by atoms with Gasteiger partial charge in [0.25, 0.3) is 0 Å². The Balaban J connectivity index is 1.50. The second kappa shape index (κ2) is 13.6. The number of hydrogen-bond acceptors (Lipinski definition) is 7. The van der Waals surface area contributed by atoms with Gasteiger partial charge in [0.2, 0.25) is 11.8 Å². The van der Waals surface area contributed by atoms with E-state index in [2.05, 4.69) is 46.7 Å². The number of amides is 2. The molecule has 8 nitrogen and oxygen atoms in total. The van der Waals surface area contributed by atoms with Gasteiger partial charge in [0.05, 0.1) is 17.8 Å². The molecular weight excluding hydrogens is 536 g/mol. The third-order valence-electron chi connectivity index (χ3n) is 8.06. The van der Waals surface area contributed by atoms with Crippen LogP contribution >= 0.6 is 11.3 Å². The number of methoxy groups -OCH3 is 1. The van der Waals surface area contributed by atoms with Crippen LogP contribution in [0.4, 0.5) is 0 Å². The lowest BCUT2D eigenvalue weighted by molar-refractivity contribution is -0.140. The van der Waals surface area contributed by atoms with Gasteiger partial charge in [-0.15, -0.1) is 11.3 Å². The molecule has 3 heterocycles. The summed E-state index contributed by atoms with van der Waals surface area (Å²) in [7, 11) is 3.38. The van der Waals surface area contributed by atoms with E-state index in [0.717, 1.165) is 57.6 Å². The molecule has 5 rings (SSSR count). The first kappa shape index (κ1) is 29.2. The molecule has 0 saturated carbocycles. The Morgan fingerprint density at radius 1 is 1.17 bits per heavy atom. The number of carbonyl (C=O) groups is 2. The van der Waals surface area contributed by atoms with Gasteiger partial charge >= 0.3 is 0 Å². The molecule has 2 amide bonds. The molecule has 2 fully saturated rings. The topological polar surface area (TPSA) is 92.8 Å². The molecule has 2 aromatic carbocycles. The van der Waals surface area contributed by atoms with Crippen LogP contribution in [0, 0.1) is 17.8 Å². The van der Waals surface area contributed by atoms with Gasteiger partial charge in [0.1, 0.15) is 22.5 Å². The third kappa shape index (κ3) is 6.47. The van der Waals surface area contributed by atoms with Crippen LogP contribution in [0.1, 0.15) is 48.5 Å². The molecule has 216 valence electrons. The highest BCUT2D eigenvalue weighted by Gasteiger charge is 2.40. The normalized spacial score (nSPS) is 19.0. The Hall–Kier alpha value is -3.29. The Kier molecular flexibility index (Phi) is 9.68. The van der Waals surface area contributed by atoms with E-state index < -0.39 is 12.1 Å². The fraction of sp³-hybridized carbons (Fsp3) is 0.469. The van der Waals surface area contributed by atoms with Crippen LogP contribution < -0.4 is 10.6 Å². The summed E-state index contributed by atoms with van der Waals surface area (Å²) in [6.45, 7) is 3.96. The van der Waals surface area contributed by atoms with Gasteiger partial charge in [-0.05, 0) is 56.3 Å². The van der Waals surface area contributed by atoms with Crippen molar-refractivity contribution in [1.29, 1.82) is 0 Å². The second-order valence-corrected chi connectivity index (χ2v) is 11.7. The number of rotatable bonds is 8. The van der Waals surface area contributed by atoms with Gasteiger partial charge < -0.3 is 25.0 Å². The summed E-state index contributed by atoms with van der Waals surface area (Å²) in [5, 5.41) is 9.19. The minimum Gasteiger partial charge on any atom is -0.381 e. The predicted molar refractivity (Wildman–Crippen MR) is 161 cm³/mol. The van der Waals surface area contributed by atoms with Gasteiger partial charge in [-0.3, -0.25) is 9.59 Å². The monoisotopic (exact) mass is 574 g/mol. The molecule has 41 heavy (non-hydrogen) atoms. The Labute approximate surface area is 245 Å². The van der Waals surface area contributed by atoms with Crippen LogP contribution in [-0.4, -0.2) is 74.3 Å². The van der Waals surface area contributed by atoms with Gasteiger partial charge in [-0.25, -0.2) is 4.98 Å². The lowest BCUT2D eigenvalue weighted by Gasteiger charge is -2.35. The molecule has 2 aliphatic heterocycles. The second-order valence-electron chi connectivity index (χ2n) is 10.6. The van der Waals surface area contributed by atoms with E-state index in [1.54, 1.807) is 32.4 Å². The summed E-state index contributed by atoms with van der Waals surface area (Å²) in [6.07, 6.45) is 3.18. The van der Waals surface area contributed by atoms with Gasteiger partial charge in [-0.1, -0.05) is 54.3 Å². The number of benzene rings is 2. The van der Waals surface area contributed by atoms with Crippen LogP contribution in [0.3, 0.4) is 0 Å². The Morgan fingerprint density at radius 2 is 1.95 bits per heavy atom. The number of carbonyl (C=O) groups excluding carboxylic acids is 2. The zero-order chi connectivity index (χ0) is 28.8. The first-order valence-corrected chi connectivity index (χ1v) is 15.2. The largest absolute Gasteiger partial charge is 0.381 e. The molecule has 0 spiro atoms. The quantitative estimate of drug-likeness (QED) is 0.393. The van der Waals surface area contributed by atoms with E-state index in [9.17, 15) is 9.59 Å². The third-order valence-corrected chi connectivity index (χ3v) is 9.13. The molecule has 9 heteroatoms. The summed E-state index contributed by atoms with van der Waals surface area (Å²) < 4.78 is 10.8. The molecule has 0 radical (unpaired) electrons. The van der Waals surface area contributed by atoms with Crippen molar-refractivity contribution in [2.45, 2.75) is 50.7 Å². The van der Waals surface area contributed by atoms with Crippen LogP contribution in [-0.2, 0) is 19.1 Å². The Bertz CT molecular complexity index is 1430. The van der Waals surface area contributed by atoms with E-state index in [1.807, 2.05) is 23.1 Å². The maximum absolute atomic E-state index is 14.2. The molecule has 2 N–H and O–H groups in total. The van der Waals surface area contributed by atoms with E-state index in [0.29, 0.717) is 26.4 Å². The van der Waals surface area contributed by atoms with Crippen LogP contribution in [0.2, 0.25) is 0 Å². The number of aromatic nitrogens is 1. The number of nitrogens with one attached hydrogen (secondary N) is 2. The SMILES string of the molecule is CNC(C)C(=O)NC(C(=O)N1CCCC1c1nc(-c2cccc3ccccc23)c(C#CCOC)s1)C1CCOCC1. The molecular formula is C32H38N4O4S. The summed E-state index contributed by atoms with van der Waals surface area (Å²) in [5.41, 5.74) is 1.86. The fourth-order valence-corrected chi connectivity index (χ4v) is 6.78. The van der Waals surface area contributed by atoms with Crippen LogP contribution in [0.15, 0.2) is 42.5 Å². The molecule has 3 unspecified atom stereocenters. The van der Waals surface area contributed by atoms with Crippen molar-refractivity contribution in [1.82, 2.24) is 20.5 Å². The molecule has 2 aliphatic rings. The highest BCUT2D eigenvalue weighted by molar-refractivity contribution is 7.12. The number of likely N-dealkylation sites (tertiary alicyclic amines) is 1. The van der Waals surface area contributed by atoms with Crippen LogP contribution in [0.5, 0.6) is 0 Å². The van der Waals surface area contributed by atoms with Gasteiger partial charge in [0, 0.05) is 32.4 Å². The van der Waals surface area contributed by atoms with Gasteiger partial charge in [-0.2, -0.15) is 0 Å². The molecule has 0 bridgehead atoms. The highest BCUT2D eigenvalue weighted by atomic mass is 32.1. The molecule has 3 atom stereocenters. The first-order valence-electron chi connectivity index (χ1n) is 14.3. The van der Waals surface area contributed by atoms with E-state index >= 15 is 0 Å². The lowest BCUT2D eigenvalue weighted by atomic mass is 9.90. The van der Waals surface area contributed by atoms with Crippen molar-refractivity contribution in [2.24, 2.45) is 5.92 Å². The first-order chi connectivity index (χ1) is 20.0. The zero-order valence-corrected chi connectivity index (χ0v) is 24.8. The zero-order valence-electron chi connectivity index (χ0n) is 23.9. The maximum Gasteiger partial charge on any atom is 0.246 e. The van der Waals surface area contributed by atoms with Crippen molar-refractivity contribution in [2.75, 3.05) is 40.5 Å². The van der Waals surface area contributed by atoms with Crippen molar-refractivity contribution >= 4 is 33.9 Å². The summed E-state index contributed by atoms with van der Waals surface area (Å²) in [5.74, 6) is 6.21. The lowest BCUT2D eigenvalue weighted by Crippen LogP contribution is -2.56. The number of nitrogens with zero attached hydrogens (tertiary/aromatic N) is 2. The predicted octanol–water partition coefficient (Wildman–Crippen LogP) is 4.14. The van der Waals surface area contributed by atoms with Crippen LogP contribution in [0.25, 0.3) is 22.0 Å². The maximum atomic E-state index is 14.2. The minimum atomic E-state index is -0.596. The summed E-state index contributed by atoms with van der Waals surface area (Å²) >= 11 is 1.55. The minimum absolute atomic E-state index is 0.0310. The standard InChI is InChI=1S/C32H38N4O4S/c1-21(33-2)30(37)34-28(23-15-19-40-20-16-23)32(38)36-17-7-13-26(36)31-35-29(27(41-31)14-8-18-39-3)25-12-6-10-22-9-4-5-11-24(22)25/h4-6,9-12,21,23,26,28,33H,7,13,15-20H2,1-3H3,(H,34,37). The van der Waals surface area contributed by atoms with E-state index in [1.165, 1.54) is 0 Å². The molecule has 1 aromatic heterocycles. The number of thiazole rings is 1. The van der Waals surface area contributed by atoms with E-state index in [4.69, 9.17) is 14.5 Å². The number of likely N-dealkylation sites (N-methyl/N-ethyl adjacent to an activating group) is 1. The fourth-order valence-electron chi connectivity index (χ4n) is 5.67. The van der Waals surface area contributed by atoms with Crippen molar-refractivity contribution < 1.29 is 19.1 Å². The molecule has 0 aliphatic carbocycles. The number of ether oxygens (including phenoxy) is 2. The number of hydrogen-bond donors (Lipinski definition) is 2. The number of fused-ring (bicyclic) bond motifs is 1. The summed E-state index contributed by atoms with van der Waals surface area (Å²) in [6, 6.07) is 13.3. The molecule has 2 saturated heterocycles. The van der Waals surface area contributed by atoms with E-state index in [-0.39, 0.29) is 23.8 Å². The van der Waals surface area contributed by atoms with Crippen molar-refractivity contribution in [3.05, 3.63) is 52.3 Å². The smallest absolute Gasteiger partial charge is 0.246 e. The summed E-state index contributed by atoms with van der Waals surface area (Å²) in [4.78, 5) is 35.1. The van der Waals surface area contributed by atoms with Crippen molar-refractivity contribution in [3.63, 3.8) is 0 Å². The average molecular weight is 575 g/mol. The van der Waals surface area contributed by atoms with Crippen molar-refractivity contribution in [3.8, 4) is 23.1 Å². The highest BCUT2D eigenvalue weighted by Crippen LogP contribution is 2.40.